The second kappa shape index (κ2) is 8.82. The molecule has 1 heterocycles. The van der Waals surface area contributed by atoms with Crippen molar-refractivity contribution in [3.63, 3.8) is 0 Å². The molecule has 0 aliphatic heterocycles. The quantitative estimate of drug-likeness (QED) is 0.405. The molecule has 3 aromatic rings. The SMILES string of the molecule is CSc1nc2cc(S(=O)(=O)NCCOc3cc(C)ccc3C(C)C)ccc2s1. The van der Waals surface area contributed by atoms with Crippen molar-refractivity contribution in [3.8, 4) is 5.75 Å². The normalized spacial score (nSPS) is 12.0. The molecule has 0 saturated carbocycles. The molecule has 0 unspecified atom stereocenters. The van der Waals surface area contributed by atoms with Gasteiger partial charge in [0, 0.05) is 6.54 Å². The van der Waals surface area contributed by atoms with E-state index in [1.807, 2.05) is 19.2 Å². The Hall–Kier alpha value is -1.61. The van der Waals surface area contributed by atoms with E-state index in [9.17, 15) is 8.42 Å². The number of hydrogen-bond acceptors (Lipinski definition) is 6. The number of fused-ring (bicyclic) bond motifs is 1. The molecule has 0 aliphatic carbocycles. The molecule has 8 heteroatoms. The third-order valence-electron chi connectivity index (χ3n) is 4.27. The van der Waals surface area contributed by atoms with Gasteiger partial charge in [-0.1, -0.05) is 37.7 Å². The molecule has 0 aliphatic rings. The maximum Gasteiger partial charge on any atom is 0.240 e. The van der Waals surface area contributed by atoms with Crippen molar-refractivity contribution in [2.24, 2.45) is 0 Å². The van der Waals surface area contributed by atoms with Gasteiger partial charge in [-0.15, -0.1) is 11.3 Å². The number of aryl methyl sites for hydroxylation is 1. The zero-order valence-electron chi connectivity index (χ0n) is 16.4. The molecule has 0 amide bonds. The molecular formula is C20H24N2O3S3. The minimum absolute atomic E-state index is 0.193. The van der Waals surface area contributed by atoms with Crippen LogP contribution in [-0.4, -0.2) is 32.8 Å². The van der Waals surface area contributed by atoms with Crippen molar-refractivity contribution < 1.29 is 13.2 Å². The standard InChI is InChI=1S/C20H24N2O3S3/c1-13(2)16-7-5-14(3)11-18(16)25-10-9-21-28(23,24)15-6-8-19-17(12-15)22-20(26-4)27-19/h5-8,11-13,21H,9-10H2,1-4H3. The highest BCUT2D eigenvalue weighted by Crippen LogP contribution is 2.30. The topological polar surface area (TPSA) is 68.3 Å². The summed E-state index contributed by atoms with van der Waals surface area (Å²) in [5.41, 5.74) is 2.93. The van der Waals surface area contributed by atoms with Crippen molar-refractivity contribution >= 4 is 43.3 Å². The van der Waals surface area contributed by atoms with Crippen molar-refractivity contribution in [1.82, 2.24) is 9.71 Å². The number of ether oxygens (including phenoxy) is 1. The number of benzene rings is 2. The molecule has 0 bridgehead atoms. The third-order valence-corrected chi connectivity index (χ3v) is 7.75. The molecule has 0 atom stereocenters. The fourth-order valence-corrected chi connectivity index (χ4v) is 5.31. The number of thioether (sulfide) groups is 1. The fraction of sp³-hybridized carbons (Fsp3) is 0.350. The summed E-state index contributed by atoms with van der Waals surface area (Å²) in [6, 6.07) is 11.1. The van der Waals surface area contributed by atoms with Crippen LogP contribution < -0.4 is 9.46 Å². The third kappa shape index (κ3) is 4.86. The minimum Gasteiger partial charge on any atom is -0.492 e. The second-order valence-corrected chi connectivity index (χ2v) is 10.6. The lowest BCUT2D eigenvalue weighted by Crippen LogP contribution is -2.28. The molecule has 3 rings (SSSR count). The average molecular weight is 437 g/mol. The van der Waals surface area contributed by atoms with Crippen molar-refractivity contribution in [2.75, 3.05) is 19.4 Å². The van der Waals surface area contributed by atoms with Gasteiger partial charge in [-0.25, -0.2) is 18.1 Å². The monoisotopic (exact) mass is 436 g/mol. The van der Waals surface area contributed by atoms with Crippen molar-refractivity contribution in [2.45, 2.75) is 35.9 Å². The van der Waals surface area contributed by atoms with Crippen molar-refractivity contribution in [3.05, 3.63) is 47.5 Å². The van der Waals surface area contributed by atoms with Gasteiger partial charge >= 0.3 is 0 Å². The Morgan fingerprint density at radius 2 is 2.00 bits per heavy atom. The number of nitrogens with one attached hydrogen (secondary N) is 1. The molecule has 150 valence electrons. The zero-order chi connectivity index (χ0) is 20.3. The summed E-state index contributed by atoms with van der Waals surface area (Å²) in [5, 5.41) is 0. The lowest BCUT2D eigenvalue weighted by atomic mass is 10.0. The molecule has 28 heavy (non-hydrogen) atoms. The Bertz CT molecular complexity index is 1080. The Kier molecular flexibility index (Phi) is 6.65. The highest BCUT2D eigenvalue weighted by Gasteiger charge is 2.16. The highest BCUT2D eigenvalue weighted by atomic mass is 32.2. The average Bonchev–Trinajstić information content (AvgIpc) is 3.07. The van der Waals surface area contributed by atoms with E-state index in [1.54, 1.807) is 41.3 Å². The van der Waals surface area contributed by atoms with Crippen LogP contribution in [0.5, 0.6) is 5.75 Å². The van der Waals surface area contributed by atoms with Gasteiger partial charge in [0.2, 0.25) is 10.0 Å². The molecule has 0 saturated heterocycles. The van der Waals surface area contributed by atoms with E-state index in [2.05, 4.69) is 35.7 Å². The first-order chi connectivity index (χ1) is 13.3. The first-order valence-corrected chi connectivity index (χ1v) is 12.5. The van der Waals surface area contributed by atoms with Crippen LogP contribution in [-0.2, 0) is 10.0 Å². The molecule has 1 N–H and O–H groups in total. The van der Waals surface area contributed by atoms with Gasteiger partial charge in [0.25, 0.3) is 0 Å². The van der Waals surface area contributed by atoms with E-state index in [4.69, 9.17) is 4.74 Å². The summed E-state index contributed by atoms with van der Waals surface area (Å²) >= 11 is 3.11. The fourth-order valence-electron chi connectivity index (χ4n) is 2.80. The van der Waals surface area contributed by atoms with E-state index >= 15 is 0 Å². The predicted molar refractivity (Wildman–Crippen MR) is 117 cm³/mol. The Balaban J connectivity index is 1.65. The van der Waals surface area contributed by atoms with Crippen LogP contribution >= 0.6 is 23.1 Å². The summed E-state index contributed by atoms with van der Waals surface area (Å²) in [6.07, 6.45) is 1.95. The van der Waals surface area contributed by atoms with Gasteiger partial charge < -0.3 is 4.74 Å². The highest BCUT2D eigenvalue weighted by molar-refractivity contribution is 8.00. The minimum atomic E-state index is -3.61. The first kappa shape index (κ1) is 21.1. The summed E-state index contributed by atoms with van der Waals surface area (Å²) in [6.45, 7) is 6.68. The number of sulfonamides is 1. The van der Waals surface area contributed by atoms with Gasteiger partial charge in [0.05, 0.1) is 15.1 Å². The maximum absolute atomic E-state index is 12.6. The van der Waals surface area contributed by atoms with Crippen LogP contribution in [0.25, 0.3) is 10.2 Å². The molecule has 0 spiro atoms. The number of aromatic nitrogens is 1. The number of thiazole rings is 1. The number of rotatable bonds is 8. The Morgan fingerprint density at radius 1 is 1.21 bits per heavy atom. The van der Waals surface area contributed by atoms with E-state index in [-0.39, 0.29) is 18.0 Å². The molecule has 0 fully saturated rings. The van der Waals surface area contributed by atoms with Gasteiger partial charge in [-0.2, -0.15) is 0 Å². The largest absolute Gasteiger partial charge is 0.492 e. The van der Waals surface area contributed by atoms with Crippen LogP contribution in [0.15, 0.2) is 45.6 Å². The molecule has 5 nitrogen and oxygen atoms in total. The van der Waals surface area contributed by atoms with E-state index in [1.165, 1.54) is 0 Å². The second-order valence-electron chi connectivity index (χ2n) is 6.76. The first-order valence-electron chi connectivity index (χ1n) is 8.98. The van der Waals surface area contributed by atoms with Gasteiger partial charge in [-0.05, 0) is 54.5 Å². The molecular weight excluding hydrogens is 412 g/mol. The van der Waals surface area contributed by atoms with Gasteiger partial charge in [0.15, 0.2) is 4.34 Å². The van der Waals surface area contributed by atoms with Crippen LogP contribution in [0.3, 0.4) is 0 Å². The molecule has 2 aromatic carbocycles. The summed E-state index contributed by atoms with van der Waals surface area (Å²) in [4.78, 5) is 4.66. The van der Waals surface area contributed by atoms with Crippen molar-refractivity contribution in [1.29, 1.82) is 0 Å². The summed E-state index contributed by atoms with van der Waals surface area (Å²) in [7, 11) is -3.61. The zero-order valence-corrected chi connectivity index (χ0v) is 18.8. The molecule has 0 radical (unpaired) electrons. The smallest absolute Gasteiger partial charge is 0.240 e. The Morgan fingerprint density at radius 3 is 2.71 bits per heavy atom. The van der Waals surface area contributed by atoms with Crippen LogP contribution in [0, 0.1) is 6.92 Å². The molecule has 1 aromatic heterocycles. The maximum atomic E-state index is 12.6. The van der Waals surface area contributed by atoms with Crippen LogP contribution in [0.2, 0.25) is 0 Å². The van der Waals surface area contributed by atoms with Crippen LogP contribution in [0.4, 0.5) is 0 Å². The van der Waals surface area contributed by atoms with E-state index in [0.717, 1.165) is 25.9 Å². The van der Waals surface area contributed by atoms with Gasteiger partial charge in [-0.3, -0.25) is 0 Å². The Labute approximate surface area is 174 Å². The lowest BCUT2D eigenvalue weighted by molar-refractivity contribution is 0.318. The predicted octanol–water partition coefficient (Wildman–Crippen LogP) is 4.81. The van der Waals surface area contributed by atoms with E-state index in [0.29, 0.717) is 11.4 Å². The lowest BCUT2D eigenvalue weighted by Gasteiger charge is -2.15. The van der Waals surface area contributed by atoms with Gasteiger partial charge in [0.1, 0.15) is 12.4 Å². The van der Waals surface area contributed by atoms with E-state index < -0.39 is 10.0 Å². The van der Waals surface area contributed by atoms with Crippen LogP contribution in [0.1, 0.15) is 30.9 Å². The number of nitrogens with zero attached hydrogens (tertiary/aromatic N) is 1. The summed E-state index contributed by atoms with van der Waals surface area (Å²) in [5.74, 6) is 1.14. The number of hydrogen-bond donors (Lipinski definition) is 1. The summed E-state index contributed by atoms with van der Waals surface area (Å²) < 4.78 is 35.6.